The van der Waals surface area contributed by atoms with E-state index in [9.17, 15) is 9.90 Å². The van der Waals surface area contributed by atoms with Gasteiger partial charge >= 0.3 is 0 Å². The lowest BCUT2D eigenvalue weighted by Crippen LogP contribution is -2.37. The van der Waals surface area contributed by atoms with Gasteiger partial charge in [0.05, 0.1) is 11.7 Å². The summed E-state index contributed by atoms with van der Waals surface area (Å²) in [6.45, 7) is 6.63. The van der Waals surface area contributed by atoms with Crippen LogP contribution in [0, 0.1) is 5.41 Å². The summed E-state index contributed by atoms with van der Waals surface area (Å²) >= 11 is 0. The van der Waals surface area contributed by atoms with Gasteiger partial charge in [0.15, 0.2) is 0 Å². The van der Waals surface area contributed by atoms with Gasteiger partial charge in [0, 0.05) is 12.1 Å². The Morgan fingerprint density at radius 3 is 2.86 bits per heavy atom. The van der Waals surface area contributed by atoms with Crippen LogP contribution in [0.25, 0.3) is 6.08 Å². The number of fused-ring (bicyclic) bond motifs is 1. The average Bonchev–Trinajstić information content (AvgIpc) is 2.43. The second-order valence-corrected chi connectivity index (χ2v) is 6.40. The van der Waals surface area contributed by atoms with Crippen molar-refractivity contribution in [3.05, 3.63) is 35.4 Å². The van der Waals surface area contributed by atoms with Crippen molar-refractivity contribution in [1.29, 1.82) is 0 Å². The Kier molecular flexibility index (Phi) is 4.68. The molecule has 0 bridgehead atoms. The zero-order chi connectivity index (χ0) is 15.5. The van der Waals surface area contributed by atoms with Crippen molar-refractivity contribution in [1.82, 2.24) is 5.32 Å². The number of aliphatic hydroxyl groups excluding tert-OH is 1. The molecule has 4 nitrogen and oxygen atoms in total. The molecule has 1 aliphatic rings. The van der Waals surface area contributed by atoms with Crippen LogP contribution in [0.15, 0.2) is 29.8 Å². The minimum Gasteiger partial charge on any atom is -0.488 e. The largest absolute Gasteiger partial charge is 0.488 e. The highest BCUT2D eigenvalue weighted by Gasteiger charge is 2.23. The predicted octanol–water partition coefficient (Wildman–Crippen LogP) is 2.38. The first-order valence-corrected chi connectivity index (χ1v) is 7.26. The van der Waals surface area contributed by atoms with Crippen LogP contribution in [-0.4, -0.2) is 30.3 Å². The van der Waals surface area contributed by atoms with Crippen LogP contribution in [0.3, 0.4) is 0 Å². The molecule has 1 amide bonds. The van der Waals surface area contributed by atoms with Crippen molar-refractivity contribution in [2.45, 2.75) is 33.3 Å². The van der Waals surface area contributed by atoms with E-state index in [4.69, 9.17) is 4.74 Å². The standard InChI is InChI=1S/C17H23NO3/c1-12(19)9-17(2,3)11-18-16(20)14-8-13-6-4-5-7-15(13)21-10-14/h4-8,12,19H,9-11H2,1-3H3,(H,18,20). The van der Waals surface area contributed by atoms with Gasteiger partial charge in [-0.15, -0.1) is 0 Å². The van der Waals surface area contributed by atoms with Crippen molar-refractivity contribution in [2.24, 2.45) is 5.41 Å². The molecule has 0 spiro atoms. The second kappa shape index (κ2) is 6.31. The monoisotopic (exact) mass is 289 g/mol. The molecule has 2 rings (SSSR count). The number of rotatable bonds is 5. The average molecular weight is 289 g/mol. The van der Waals surface area contributed by atoms with Crippen LogP contribution in [0.5, 0.6) is 5.75 Å². The van der Waals surface area contributed by atoms with E-state index >= 15 is 0 Å². The highest BCUT2D eigenvalue weighted by Crippen LogP contribution is 2.26. The first-order chi connectivity index (χ1) is 9.87. The summed E-state index contributed by atoms with van der Waals surface area (Å²) in [5, 5.41) is 12.4. The Morgan fingerprint density at radius 2 is 2.14 bits per heavy atom. The smallest absolute Gasteiger partial charge is 0.250 e. The van der Waals surface area contributed by atoms with E-state index in [1.807, 2.05) is 44.2 Å². The number of carbonyl (C=O) groups excluding carboxylic acids is 1. The van der Waals surface area contributed by atoms with Gasteiger partial charge in [-0.05, 0) is 30.9 Å². The van der Waals surface area contributed by atoms with E-state index in [0.29, 0.717) is 25.1 Å². The summed E-state index contributed by atoms with van der Waals surface area (Å²) < 4.78 is 5.58. The van der Waals surface area contributed by atoms with Crippen molar-refractivity contribution in [3.8, 4) is 5.75 Å². The molecule has 0 aliphatic carbocycles. The number of amides is 1. The van der Waals surface area contributed by atoms with Crippen LogP contribution in [-0.2, 0) is 4.79 Å². The van der Waals surface area contributed by atoms with Gasteiger partial charge in [-0.25, -0.2) is 0 Å². The molecule has 1 aliphatic heterocycles. The third-order valence-electron chi connectivity index (χ3n) is 3.50. The Labute approximate surface area is 125 Å². The van der Waals surface area contributed by atoms with Gasteiger partial charge in [0.1, 0.15) is 12.4 Å². The third-order valence-corrected chi connectivity index (χ3v) is 3.50. The molecular formula is C17H23NO3. The zero-order valence-electron chi connectivity index (χ0n) is 12.8. The third kappa shape index (κ3) is 4.33. The van der Waals surface area contributed by atoms with Crippen molar-refractivity contribution in [2.75, 3.05) is 13.2 Å². The number of aliphatic hydroxyl groups is 1. The zero-order valence-corrected chi connectivity index (χ0v) is 12.8. The molecule has 0 saturated heterocycles. The second-order valence-electron chi connectivity index (χ2n) is 6.40. The van der Waals surface area contributed by atoms with Gasteiger partial charge in [0.25, 0.3) is 5.91 Å². The quantitative estimate of drug-likeness (QED) is 0.875. The Hall–Kier alpha value is -1.81. The number of ether oxygens (including phenoxy) is 1. The molecule has 1 atom stereocenters. The van der Waals surface area contributed by atoms with E-state index < -0.39 is 0 Å². The molecule has 2 N–H and O–H groups in total. The lowest BCUT2D eigenvalue weighted by Gasteiger charge is -2.27. The maximum absolute atomic E-state index is 12.2. The van der Waals surface area contributed by atoms with Crippen LogP contribution in [0.2, 0.25) is 0 Å². The lowest BCUT2D eigenvalue weighted by atomic mass is 9.87. The van der Waals surface area contributed by atoms with E-state index in [1.54, 1.807) is 6.92 Å². The normalized spacial score (nSPS) is 15.5. The maximum Gasteiger partial charge on any atom is 0.250 e. The Morgan fingerprint density at radius 1 is 1.43 bits per heavy atom. The van der Waals surface area contributed by atoms with Crippen LogP contribution >= 0.6 is 0 Å². The fraction of sp³-hybridized carbons (Fsp3) is 0.471. The summed E-state index contributed by atoms with van der Waals surface area (Å²) in [6, 6.07) is 7.66. The number of benzene rings is 1. The molecule has 0 saturated carbocycles. The van der Waals surface area contributed by atoms with Crippen molar-refractivity contribution in [3.63, 3.8) is 0 Å². The summed E-state index contributed by atoms with van der Waals surface area (Å²) in [4.78, 5) is 12.2. The molecule has 1 aromatic carbocycles. The van der Waals surface area contributed by atoms with Gasteiger partial charge in [0.2, 0.25) is 0 Å². The Balaban J connectivity index is 1.98. The van der Waals surface area contributed by atoms with Crippen LogP contribution in [0.4, 0.5) is 0 Å². The molecule has 21 heavy (non-hydrogen) atoms. The number of carbonyl (C=O) groups is 1. The van der Waals surface area contributed by atoms with Gasteiger partial charge in [-0.1, -0.05) is 32.0 Å². The molecule has 1 aromatic rings. The van der Waals surface area contributed by atoms with E-state index in [-0.39, 0.29) is 17.4 Å². The number of hydrogen-bond donors (Lipinski definition) is 2. The van der Waals surface area contributed by atoms with Crippen molar-refractivity contribution < 1.29 is 14.6 Å². The van der Waals surface area contributed by atoms with Gasteiger partial charge in [-0.3, -0.25) is 4.79 Å². The molecule has 1 heterocycles. The van der Waals surface area contributed by atoms with E-state index in [1.165, 1.54) is 0 Å². The fourth-order valence-corrected chi connectivity index (χ4v) is 2.55. The molecule has 4 heteroatoms. The van der Waals surface area contributed by atoms with Gasteiger partial charge in [-0.2, -0.15) is 0 Å². The molecule has 1 unspecified atom stereocenters. The highest BCUT2D eigenvalue weighted by molar-refractivity contribution is 5.99. The minimum absolute atomic E-state index is 0.108. The number of para-hydroxylation sites is 1. The van der Waals surface area contributed by atoms with Gasteiger partial charge < -0.3 is 15.2 Å². The molecule has 0 radical (unpaired) electrons. The summed E-state index contributed by atoms with van der Waals surface area (Å²) in [5.41, 5.74) is 1.41. The van der Waals surface area contributed by atoms with E-state index in [0.717, 1.165) is 11.3 Å². The lowest BCUT2D eigenvalue weighted by molar-refractivity contribution is -0.118. The molecular weight excluding hydrogens is 266 g/mol. The SMILES string of the molecule is CC(O)CC(C)(C)CNC(=O)C1=Cc2ccccc2OC1. The molecule has 114 valence electrons. The highest BCUT2D eigenvalue weighted by atomic mass is 16.5. The number of hydrogen-bond acceptors (Lipinski definition) is 3. The van der Waals surface area contributed by atoms with Crippen LogP contribution < -0.4 is 10.1 Å². The summed E-state index contributed by atoms with van der Waals surface area (Å²) in [7, 11) is 0. The molecule has 0 aromatic heterocycles. The van der Waals surface area contributed by atoms with E-state index in [2.05, 4.69) is 5.32 Å². The summed E-state index contributed by atoms with van der Waals surface area (Å²) in [5.74, 6) is 0.701. The fourth-order valence-electron chi connectivity index (χ4n) is 2.55. The topological polar surface area (TPSA) is 58.6 Å². The first-order valence-electron chi connectivity index (χ1n) is 7.26. The Bertz CT molecular complexity index is 547. The first kappa shape index (κ1) is 15.6. The minimum atomic E-state index is -0.374. The summed E-state index contributed by atoms with van der Waals surface area (Å²) in [6.07, 6.45) is 2.14. The number of nitrogens with one attached hydrogen (secondary N) is 1. The molecule has 0 fully saturated rings. The maximum atomic E-state index is 12.2. The van der Waals surface area contributed by atoms with Crippen molar-refractivity contribution >= 4 is 12.0 Å². The predicted molar refractivity (Wildman–Crippen MR) is 83.0 cm³/mol. The van der Waals surface area contributed by atoms with Crippen LogP contribution in [0.1, 0.15) is 32.8 Å².